The third-order valence-electron chi connectivity index (χ3n) is 5.19. The van der Waals surface area contributed by atoms with Crippen LogP contribution in [0.5, 0.6) is 0 Å². The lowest BCUT2D eigenvalue weighted by atomic mass is 9.89. The summed E-state index contributed by atoms with van der Waals surface area (Å²) in [5.74, 6) is -0.972. The zero-order chi connectivity index (χ0) is 17.6. The number of fused-ring (bicyclic) bond motifs is 1. The predicted octanol–water partition coefficient (Wildman–Crippen LogP) is 3.65. The Morgan fingerprint density at radius 3 is 2.72 bits per heavy atom. The van der Waals surface area contributed by atoms with Gasteiger partial charge in [0.25, 0.3) is 5.91 Å². The van der Waals surface area contributed by atoms with Gasteiger partial charge in [-0.2, -0.15) is 0 Å². The van der Waals surface area contributed by atoms with Crippen molar-refractivity contribution in [3.05, 3.63) is 70.2 Å². The zero-order valence-corrected chi connectivity index (χ0v) is 14.1. The molecule has 2 saturated heterocycles. The second-order valence-electron chi connectivity index (χ2n) is 6.64. The summed E-state index contributed by atoms with van der Waals surface area (Å²) in [6.07, 6.45) is 0. The van der Waals surface area contributed by atoms with Crippen LogP contribution >= 0.6 is 11.6 Å². The van der Waals surface area contributed by atoms with E-state index in [1.807, 2.05) is 6.07 Å². The summed E-state index contributed by atoms with van der Waals surface area (Å²) >= 11 is 6.08. The second-order valence-corrected chi connectivity index (χ2v) is 7.04. The van der Waals surface area contributed by atoms with Gasteiger partial charge < -0.3 is 10.2 Å². The molecule has 1 N–H and O–H groups in total. The van der Waals surface area contributed by atoms with E-state index in [9.17, 15) is 13.6 Å². The van der Waals surface area contributed by atoms with Crippen LogP contribution in [0.15, 0.2) is 42.5 Å². The van der Waals surface area contributed by atoms with Gasteiger partial charge in [0.05, 0.1) is 16.6 Å². The first kappa shape index (κ1) is 16.5. The standard InChI is InChI=1S/C19H17ClF2N2O/c20-15-5-2-6-16(22)17(15)19(25)24-10-12-8-23-9-14(12)18(24)11-3-1-4-13(21)7-11/h1-7,12,14,18,23H,8-10H2/t12-,14-,18+/m0/s1. The van der Waals surface area contributed by atoms with E-state index < -0.39 is 11.7 Å². The van der Waals surface area contributed by atoms with E-state index in [1.165, 1.54) is 30.3 Å². The zero-order valence-electron chi connectivity index (χ0n) is 13.4. The van der Waals surface area contributed by atoms with Crippen LogP contribution in [0.2, 0.25) is 5.02 Å². The fourth-order valence-electron chi connectivity index (χ4n) is 4.09. The maximum atomic E-state index is 14.2. The molecule has 2 aromatic rings. The number of rotatable bonds is 2. The van der Waals surface area contributed by atoms with Crippen LogP contribution in [-0.4, -0.2) is 30.4 Å². The molecule has 0 bridgehead atoms. The first-order valence-electron chi connectivity index (χ1n) is 8.27. The van der Waals surface area contributed by atoms with Gasteiger partial charge in [-0.15, -0.1) is 0 Å². The Morgan fingerprint density at radius 2 is 1.96 bits per heavy atom. The molecule has 0 aromatic heterocycles. The number of likely N-dealkylation sites (tertiary alicyclic amines) is 1. The molecule has 4 rings (SSSR count). The molecule has 3 nitrogen and oxygen atoms in total. The number of hydrogen-bond acceptors (Lipinski definition) is 2. The molecule has 25 heavy (non-hydrogen) atoms. The highest BCUT2D eigenvalue weighted by Crippen LogP contribution is 2.43. The van der Waals surface area contributed by atoms with Crippen LogP contribution in [-0.2, 0) is 0 Å². The van der Waals surface area contributed by atoms with Crippen LogP contribution in [0.1, 0.15) is 22.0 Å². The van der Waals surface area contributed by atoms with Crippen molar-refractivity contribution < 1.29 is 13.6 Å². The van der Waals surface area contributed by atoms with E-state index >= 15 is 0 Å². The van der Waals surface area contributed by atoms with E-state index in [0.717, 1.165) is 18.7 Å². The van der Waals surface area contributed by atoms with Gasteiger partial charge in [-0.05, 0) is 35.7 Å². The topological polar surface area (TPSA) is 32.3 Å². The minimum Gasteiger partial charge on any atom is -0.331 e. The van der Waals surface area contributed by atoms with Crippen molar-refractivity contribution in [2.75, 3.05) is 19.6 Å². The minimum absolute atomic E-state index is 0.0955. The molecule has 2 aliphatic heterocycles. The number of carbonyl (C=O) groups excluding carboxylic acids is 1. The van der Waals surface area contributed by atoms with Gasteiger partial charge in [-0.25, -0.2) is 8.78 Å². The molecular formula is C19H17ClF2N2O. The Balaban J connectivity index is 1.76. The number of hydrogen-bond donors (Lipinski definition) is 1. The van der Waals surface area contributed by atoms with Crippen LogP contribution < -0.4 is 5.32 Å². The smallest absolute Gasteiger partial charge is 0.258 e. The monoisotopic (exact) mass is 362 g/mol. The SMILES string of the molecule is O=C(c1c(F)cccc1Cl)N1C[C@@H]2CNC[C@@H]2[C@H]1c1cccc(F)c1. The van der Waals surface area contributed by atoms with Gasteiger partial charge in [-0.1, -0.05) is 29.8 Å². The third kappa shape index (κ3) is 2.81. The van der Waals surface area contributed by atoms with E-state index in [0.29, 0.717) is 6.54 Å². The molecule has 0 unspecified atom stereocenters. The fraction of sp³-hybridized carbons (Fsp3) is 0.316. The number of nitrogens with one attached hydrogen (secondary N) is 1. The Bertz CT molecular complexity index is 809. The van der Waals surface area contributed by atoms with Crippen molar-refractivity contribution in [1.29, 1.82) is 0 Å². The lowest BCUT2D eigenvalue weighted by molar-refractivity contribution is 0.0709. The van der Waals surface area contributed by atoms with Crippen molar-refractivity contribution in [2.45, 2.75) is 6.04 Å². The Morgan fingerprint density at radius 1 is 1.16 bits per heavy atom. The number of halogens is 3. The molecule has 2 aromatic carbocycles. The third-order valence-corrected chi connectivity index (χ3v) is 5.51. The molecule has 0 aliphatic carbocycles. The van der Waals surface area contributed by atoms with E-state index in [1.54, 1.807) is 11.0 Å². The maximum absolute atomic E-state index is 14.2. The molecule has 2 aliphatic rings. The Hall–Kier alpha value is -1.98. The van der Waals surface area contributed by atoms with Gasteiger partial charge in [-0.3, -0.25) is 4.79 Å². The second kappa shape index (κ2) is 6.39. The number of nitrogens with zero attached hydrogens (tertiary/aromatic N) is 1. The molecule has 0 spiro atoms. The average Bonchev–Trinajstić information content (AvgIpc) is 3.15. The van der Waals surface area contributed by atoms with E-state index in [2.05, 4.69) is 5.32 Å². The van der Waals surface area contributed by atoms with Gasteiger partial charge in [0.1, 0.15) is 11.6 Å². The summed E-state index contributed by atoms with van der Waals surface area (Å²) in [5.41, 5.74) is 0.621. The normalized spacial score (nSPS) is 25.2. The van der Waals surface area contributed by atoms with E-state index in [4.69, 9.17) is 11.6 Å². The first-order chi connectivity index (χ1) is 12.1. The van der Waals surface area contributed by atoms with Crippen LogP contribution in [0.4, 0.5) is 8.78 Å². The summed E-state index contributed by atoms with van der Waals surface area (Å²) in [6, 6.07) is 10.2. The Kier molecular flexibility index (Phi) is 4.21. The van der Waals surface area contributed by atoms with Crippen LogP contribution in [0.25, 0.3) is 0 Å². The highest BCUT2D eigenvalue weighted by atomic mass is 35.5. The summed E-state index contributed by atoms with van der Waals surface area (Å²) in [5, 5.41) is 3.42. The van der Waals surface area contributed by atoms with Crippen LogP contribution in [0.3, 0.4) is 0 Å². The largest absolute Gasteiger partial charge is 0.331 e. The molecular weight excluding hydrogens is 346 g/mol. The highest BCUT2D eigenvalue weighted by molar-refractivity contribution is 6.33. The highest BCUT2D eigenvalue weighted by Gasteiger charge is 2.47. The molecule has 6 heteroatoms. The van der Waals surface area contributed by atoms with E-state index in [-0.39, 0.29) is 34.3 Å². The number of benzene rings is 2. The molecule has 2 fully saturated rings. The van der Waals surface area contributed by atoms with Gasteiger partial charge in [0.2, 0.25) is 0 Å². The van der Waals surface area contributed by atoms with Crippen molar-refractivity contribution in [3.8, 4) is 0 Å². The Labute approximate surface area is 149 Å². The lowest BCUT2D eigenvalue weighted by Crippen LogP contribution is -2.35. The van der Waals surface area contributed by atoms with Crippen LogP contribution in [0, 0.1) is 23.5 Å². The molecule has 130 valence electrons. The fourth-order valence-corrected chi connectivity index (χ4v) is 4.34. The summed E-state index contributed by atoms with van der Waals surface area (Å²) in [6.45, 7) is 2.05. The summed E-state index contributed by atoms with van der Waals surface area (Å²) in [4.78, 5) is 14.7. The van der Waals surface area contributed by atoms with Crippen molar-refractivity contribution >= 4 is 17.5 Å². The average molecular weight is 363 g/mol. The molecule has 3 atom stereocenters. The maximum Gasteiger partial charge on any atom is 0.258 e. The molecule has 2 heterocycles. The van der Waals surface area contributed by atoms with Gasteiger partial charge in [0.15, 0.2) is 0 Å². The number of carbonyl (C=O) groups is 1. The lowest BCUT2D eigenvalue weighted by Gasteiger charge is -2.29. The van der Waals surface area contributed by atoms with Crippen molar-refractivity contribution in [2.24, 2.45) is 11.8 Å². The van der Waals surface area contributed by atoms with Gasteiger partial charge in [0, 0.05) is 25.6 Å². The number of amides is 1. The molecule has 1 amide bonds. The first-order valence-corrected chi connectivity index (χ1v) is 8.65. The molecule has 0 radical (unpaired) electrons. The summed E-state index contributed by atoms with van der Waals surface area (Å²) in [7, 11) is 0. The molecule has 0 saturated carbocycles. The minimum atomic E-state index is -0.634. The summed E-state index contributed by atoms with van der Waals surface area (Å²) < 4.78 is 28.0. The van der Waals surface area contributed by atoms with Gasteiger partial charge >= 0.3 is 0 Å². The van der Waals surface area contributed by atoms with Crippen molar-refractivity contribution in [1.82, 2.24) is 10.2 Å². The quantitative estimate of drug-likeness (QED) is 0.884. The predicted molar refractivity (Wildman–Crippen MR) is 91.4 cm³/mol. The van der Waals surface area contributed by atoms with Crippen molar-refractivity contribution in [3.63, 3.8) is 0 Å².